The normalized spacial score (nSPS) is 16.0. The van der Waals surface area contributed by atoms with Gasteiger partial charge in [-0.2, -0.15) is 13.2 Å². The summed E-state index contributed by atoms with van der Waals surface area (Å²) in [6.45, 7) is 2.45. The number of rotatable bonds is 5. The number of halogens is 4. The van der Waals surface area contributed by atoms with Crippen LogP contribution in [-0.4, -0.2) is 35.9 Å². The number of nitrogens with zero attached hydrogens (tertiary/aromatic N) is 3. The van der Waals surface area contributed by atoms with Crippen molar-refractivity contribution in [1.29, 1.82) is 0 Å². The molecule has 0 unspecified atom stereocenters. The summed E-state index contributed by atoms with van der Waals surface area (Å²) in [5.41, 5.74) is -0.775. The maximum Gasteiger partial charge on any atom is 0.416 e. The number of carbonyl (C=O) groups excluding carboxylic acids is 1. The predicted octanol–water partition coefficient (Wildman–Crippen LogP) is 5.19. The lowest BCUT2D eigenvalue weighted by molar-refractivity contribution is -0.384. The highest BCUT2D eigenvalue weighted by molar-refractivity contribution is 5.79. The van der Waals surface area contributed by atoms with Crippen LogP contribution < -0.4 is 4.90 Å². The number of alkyl halides is 3. The van der Waals surface area contributed by atoms with Gasteiger partial charge in [0.15, 0.2) is 0 Å². The number of hydrogen-bond donors (Lipinski definition) is 0. The SMILES string of the molecule is C[C@@H](c1ccc(F)cc1)N(C)C(=O)C1CCN(c2ccc(C(F)(F)F)cc2[N+](=O)[O-])CC1. The topological polar surface area (TPSA) is 66.7 Å². The second-order valence-corrected chi connectivity index (χ2v) is 7.90. The van der Waals surface area contributed by atoms with Crippen molar-refractivity contribution in [3.63, 3.8) is 0 Å². The minimum Gasteiger partial charge on any atom is -0.366 e. The molecule has 0 bridgehead atoms. The molecule has 6 nitrogen and oxygen atoms in total. The lowest BCUT2D eigenvalue weighted by atomic mass is 9.93. The van der Waals surface area contributed by atoms with E-state index < -0.39 is 22.4 Å². The summed E-state index contributed by atoms with van der Waals surface area (Å²) in [6.07, 6.45) is -3.84. The number of anilines is 1. The summed E-state index contributed by atoms with van der Waals surface area (Å²) in [5, 5.41) is 11.4. The van der Waals surface area contributed by atoms with Crippen LogP contribution in [0.25, 0.3) is 0 Å². The zero-order valence-electron chi connectivity index (χ0n) is 17.6. The third-order valence-electron chi connectivity index (χ3n) is 5.97. The van der Waals surface area contributed by atoms with Gasteiger partial charge in [-0.25, -0.2) is 4.39 Å². The maximum atomic E-state index is 13.2. The van der Waals surface area contributed by atoms with E-state index in [1.54, 1.807) is 29.0 Å². The molecule has 0 N–H and O–H groups in total. The summed E-state index contributed by atoms with van der Waals surface area (Å²) < 4.78 is 51.9. The lowest BCUT2D eigenvalue weighted by Crippen LogP contribution is -2.42. The summed E-state index contributed by atoms with van der Waals surface area (Å²) in [6, 6.07) is 8.14. The average Bonchev–Trinajstić information content (AvgIpc) is 2.77. The van der Waals surface area contributed by atoms with E-state index >= 15 is 0 Å². The number of amides is 1. The molecule has 1 heterocycles. The van der Waals surface area contributed by atoms with Gasteiger partial charge in [0.25, 0.3) is 5.69 Å². The Hall–Kier alpha value is -3.17. The molecule has 0 aliphatic carbocycles. The Balaban J connectivity index is 1.69. The Morgan fingerprint density at radius 2 is 1.75 bits per heavy atom. The van der Waals surface area contributed by atoms with Crippen molar-refractivity contribution in [1.82, 2.24) is 4.90 Å². The van der Waals surface area contributed by atoms with E-state index in [4.69, 9.17) is 0 Å². The van der Waals surface area contributed by atoms with E-state index in [1.807, 2.05) is 6.92 Å². The van der Waals surface area contributed by atoms with Crippen LogP contribution in [0.15, 0.2) is 42.5 Å². The van der Waals surface area contributed by atoms with Gasteiger partial charge in [-0.1, -0.05) is 12.1 Å². The van der Waals surface area contributed by atoms with Crippen LogP contribution in [0, 0.1) is 21.8 Å². The van der Waals surface area contributed by atoms with Crippen molar-refractivity contribution in [2.24, 2.45) is 5.92 Å². The Morgan fingerprint density at radius 3 is 2.28 bits per heavy atom. The smallest absolute Gasteiger partial charge is 0.366 e. The highest BCUT2D eigenvalue weighted by Crippen LogP contribution is 2.38. The average molecular weight is 453 g/mol. The van der Waals surface area contributed by atoms with Crippen LogP contribution in [0.4, 0.5) is 28.9 Å². The van der Waals surface area contributed by atoms with Crippen LogP contribution in [0.3, 0.4) is 0 Å². The second-order valence-electron chi connectivity index (χ2n) is 7.90. The van der Waals surface area contributed by atoms with Crippen molar-refractivity contribution < 1.29 is 27.3 Å². The Labute approximate surface area is 182 Å². The molecule has 0 radical (unpaired) electrons. The van der Waals surface area contributed by atoms with E-state index in [1.165, 1.54) is 12.1 Å². The van der Waals surface area contributed by atoms with Crippen molar-refractivity contribution in [2.45, 2.75) is 32.0 Å². The minimum atomic E-state index is -4.67. The fraction of sp³-hybridized carbons (Fsp3) is 0.409. The van der Waals surface area contributed by atoms with Crippen molar-refractivity contribution in [2.75, 3.05) is 25.0 Å². The molecule has 1 aliphatic rings. The van der Waals surface area contributed by atoms with Crippen LogP contribution in [-0.2, 0) is 11.0 Å². The molecule has 0 aromatic heterocycles. The van der Waals surface area contributed by atoms with Crippen molar-refractivity contribution in [3.8, 4) is 0 Å². The summed E-state index contributed by atoms with van der Waals surface area (Å²) in [5.74, 6) is -0.768. The minimum absolute atomic E-state index is 0.0941. The van der Waals surface area contributed by atoms with Crippen molar-refractivity contribution >= 4 is 17.3 Å². The molecule has 1 atom stereocenters. The number of hydrogen-bond acceptors (Lipinski definition) is 4. The maximum absolute atomic E-state index is 13.2. The summed E-state index contributed by atoms with van der Waals surface area (Å²) in [7, 11) is 1.67. The monoisotopic (exact) mass is 453 g/mol. The Morgan fingerprint density at radius 1 is 1.16 bits per heavy atom. The van der Waals surface area contributed by atoms with E-state index in [0.717, 1.165) is 17.7 Å². The third kappa shape index (κ3) is 5.00. The van der Waals surface area contributed by atoms with E-state index in [2.05, 4.69) is 0 Å². The number of piperidine rings is 1. The van der Waals surface area contributed by atoms with Crippen LogP contribution >= 0.6 is 0 Å². The van der Waals surface area contributed by atoms with Gasteiger partial charge in [0.05, 0.1) is 16.5 Å². The Kier molecular flexibility index (Phi) is 6.71. The second kappa shape index (κ2) is 9.13. The van der Waals surface area contributed by atoms with Gasteiger partial charge in [0.2, 0.25) is 5.91 Å². The molecule has 1 aliphatic heterocycles. The molecule has 32 heavy (non-hydrogen) atoms. The Bertz CT molecular complexity index is 987. The van der Waals surface area contributed by atoms with Gasteiger partial charge in [-0.15, -0.1) is 0 Å². The quantitative estimate of drug-likeness (QED) is 0.355. The molecule has 1 saturated heterocycles. The fourth-order valence-electron chi connectivity index (χ4n) is 3.92. The zero-order valence-corrected chi connectivity index (χ0v) is 17.6. The first-order valence-corrected chi connectivity index (χ1v) is 10.1. The van der Waals surface area contributed by atoms with Crippen molar-refractivity contribution in [3.05, 3.63) is 69.5 Å². The van der Waals surface area contributed by atoms with Gasteiger partial charge in [0.1, 0.15) is 11.5 Å². The molecule has 172 valence electrons. The highest BCUT2D eigenvalue weighted by Gasteiger charge is 2.35. The molecular weight excluding hydrogens is 430 g/mol. The molecule has 1 amide bonds. The van der Waals surface area contributed by atoms with Crippen LogP contribution in [0.1, 0.15) is 36.9 Å². The zero-order chi connectivity index (χ0) is 23.6. The third-order valence-corrected chi connectivity index (χ3v) is 5.97. The molecular formula is C22H23F4N3O3. The van der Waals surface area contributed by atoms with Gasteiger partial charge in [0, 0.05) is 32.1 Å². The first kappa shape index (κ1) is 23.5. The molecule has 10 heteroatoms. The number of benzene rings is 2. The van der Waals surface area contributed by atoms with E-state index in [9.17, 15) is 32.5 Å². The largest absolute Gasteiger partial charge is 0.416 e. The van der Waals surface area contributed by atoms with Gasteiger partial charge >= 0.3 is 6.18 Å². The molecule has 0 spiro atoms. The highest BCUT2D eigenvalue weighted by atomic mass is 19.4. The standard InChI is InChI=1S/C22H23F4N3O3/c1-14(15-3-6-18(23)7-4-15)27(2)21(30)16-9-11-28(12-10-16)19-8-5-17(22(24,25)26)13-20(19)29(31)32/h3-8,13-14,16H,9-12H2,1-2H3/t14-/m0/s1. The lowest BCUT2D eigenvalue weighted by Gasteiger charge is -2.36. The van der Waals surface area contributed by atoms with Gasteiger partial charge in [-0.3, -0.25) is 14.9 Å². The van der Waals surface area contributed by atoms with Gasteiger partial charge < -0.3 is 9.80 Å². The number of nitro benzene ring substituents is 1. The molecule has 3 rings (SSSR count). The fourth-order valence-corrected chi connectivity index (χ4v) is 3.92. The first-order chi connectivity index (χ1) is 15.0. The van der Waals surface area contributed by atoms with Crippen LogP contribution in [0.2, 0.25) is 0 Å². The molecule has 2 aromatic rings. The number of nitro groups is 1. The van der Waals surface area contributed by atoms with Gasteiger partial charge in [-0.05, 0) is 49.6 Å². The molecule has 0 saturated carbocycles. The molecule has 2 aromatic carbocycles. The van der Waals surface area contributed by atoms with E-state index in [-0.39, 0.29) is 29.4 Å². The predicted molar refractivity (Wildman–Crippen MR) is 111 cm³/mol. The summed E-state index contributed by atoms with van der Waals surface area (Å²) in [4.78, 5) is 26.7. The summed E-state index contributed by atoms with van der Waals surface area (Å²) >= 11 is 0. The molecule has 1 fully saturated rings. The number of carbonyl (C=O) groups is 1. The van der Waals surface area contributed by atoms with E-state index in [0.29, 0.717) is 32.0 Å². The first-order valence-electron chi connectivity index (χ1n) is 10.1. The van der Waals surface area contributed by atoms with Crippen LogP contribution in [0.5, 0.6) is 0 Å².